The lowest BCUT2D eigenvalue weighted by Crippen LogP contribution is -2.30. The second-order valence-corrected chi connectivity index (χ2v) is 25.9. The monoisotopic (exact) mass is 1280 g/mol. The molecular weight excluding hydrogens is 1150 g/mol. The molecular formula is C70H125N5O15. The molecule has 20 nitrogen and oxygen atoms in total. The van der Waals surface area contributed by atoms with Crippen LogP contribution in [-0.4, -0.2) is 184 Å². The van der Waals surface area contributed by atoms with Gasteiger partial charge in [0.05, 0.1) is 62.6 Å². The lowest BCUT2D eigenvalue weighted by molar-refractivity contribution is -0.150. The Bertz CT molecular complexity index is 2090. The molecule has 20 heteroatoms. The smallest absolute Gasteiger partial charge is 0.311 e. The third-order valence-corrected chi connectivity index (χ3v) is 17.3. The Morgan fingerprint density at radius 3 is 0.956 bits per heavy atom. The van der Waals surface area contributed by atoms with Gasteiger partial charge in [0.15, 0.2) is 0 Å². The van der Waals surface area contributed by atoms with E-state index in [1.807, 2.05) is 13.8 Å². The van der Waals surface area contributed by atoms with Crippen LogP contribution in [0, 0.1) is 47.3 Å². The Morgan fingerprint density at radius 1 is 0.367 bits per heavy atom. The van der Waals surface area contributed by atoms with E-state index < -0.39 is 0 Å². The first-order chi connectivity index (χ1) is 43.0. The maximum absolute atomic E-state index is 11.9. The molecule has 0 aromatic carbocycles. The molecule has 7 unspecified atom stereocenters. The van der Waals surface area contributed by atoms with Crippen molar-refractivity contribution < 1.29 is 71.6 Å². The molecule has 0 bridgehead atoms. The number of rotatable bonds is 37. The molecule has 5 aliphatic rings. The number of unbranched alkanes of at least 4 members (excludes halogenated alkanes) is 13. The molecule has 90 heavy (non-hydrogen) atoms. The van der Waals surface area contributed by atoms with Crippen LogP contribution in [0.25, 0.3) is 0 Å². The fraction of sp³-hybridized carbons (Fsp3) is 0.857. The zero-order valence-electron chi connectivity index (χ0n) is 58.6. The summed E-state index contributed by atoms with van der Waals surface area (Å²) in [6.07, 6.45) is 27.1. The van der Waals surface area contributed by atoms with Gasteiger partial charge in [0.2, 0.25) is 29.5 Å². The zero-order chi connectivity index (χ0) is 67.4. The van der Waals surface area contributed by atoms with Gasteiger partial charge in [-0.15, -0.1) is 0 Å². The van der Waals surface area contributed by atoms with Crippen molar-refractivity contribution in [2.75, 3.05) is 100.0 Å². The van der Waals surface area contributed by atoms with Crippen molar-refractivity contribution in [2.45, 2.75) is 243 Å². The van der Waals surface area contributed by atoms with Crippen LogP contribution in [0.5, 0.6) is 0 Å². The topological polar surface area (TPSA) is 233 Å². The third kappa shape index (κ3) is 34.9. The Labute approximate surface area is 543 Å². The van der Waals surface area contributed by atoms with Gasteiger partial charge >= 0.3 is 29.8 Å². The van der Waals surface area contributed by atoms with Crippen molar-refractivity contribution in [2.24, 2.45) is 47.3 Å². The van der Waals surface area contributed by atoms with Crippen molar-refractivity contribution in [1.82, 2.24) is 24.5 Å². The van der Waals surface area contributed by atoms with Gasteiger partial charge < -0.3 is 48.2 Å². The second-order valence-electron chi connectivity index (χ2n) is 25.9. The number of amides is 5. The van der Waals surface area contributed by atoms with E-state index in [0.717, 1.165) is 70.8 Å². The molecule has 5 heterocycles. The highest BCUT2D eigenvalue weighted by atomic mass is 16.5. The molecule has 0 aliphatic carbocycles. The summed E-state index contributed by atoms with van der Waals surface area (Å²) < 4.78 is 26.2. The fourth-order valence-electron chi connectivity index (χ4n) is 11.0. The molecule has 0 saturated carbocycles. The summed E-state index contributed by atoms with van der Waals surface area (Å²) in [7, 11) is 5.17. The summed E-state index contributed by atoms with van der Waals surface area (Å²) >= 11 is 0. The van der Waals surface area contributed by atoms with Gasteiger partial charge in [0.1, 0.15) is 0 Å². The summed E-state index contributed by atoms with van der Waals surface area (Å²) in [5, 5.41) is 0. The van der Waals surface area contributed by atoms with E-state index in [1.54, 1.807) is 45.6 Å². The van der Waals surface area contributed by atoms with Gasteiger partial charge in [-0.2, -0.15) is 0 Å². The quantitative estimate of drug-likeness (QED) is 0.0320. The number of hydrogen-bond donors (Lipinski definition) is 0. The molecule has 5 amide bonds. The Morgan fingerprint density at radius 2 is 0.656 bits per heavy atom. The second kappa shape index (κ2) is 49.4. The summed E-state index contributed by atoms with van der Waals surface area (Å²) in [6.45, 7) is 27.5. The molecule has 5 rings (SSSR count). The minimum absolute atomic E-state index is 0.0300. The lowest BCUT2D eigenvalue weighted by atomic mass is 10.0. The van der Waals surface area contributed by atoms with E-state index in [1.165, 1.54) is 77.0 Å². The van der Waals surface area contributed by atoms with Crippen molar-refractivity contribution in [3.63, 3.8) is 0 Å². The Hall–Kier alpha value is -5.30. The molecule has 5 aliphatic heterocycles. The maximum Gasteiger partial charge on any atom is 0.311 e. The van der Waals surface area contributed by atoms with Gasteiger partial charge in [0.25, 0.3) is 0 Å². The molecule has 0 spiro atoms. The molecule has 0 aromatic rings. The van der Waals surface area contributed by atoms with Crippen molar-refractivity contribution in [1.29, 1.82) is 0 Å². The highest BCUT2D eigenvalue weighted by molar-refractivity contribution is 5.89. The van der Waals surface area contributed by atoms with E-state index in [-0.39, 0.29) is 89.0 Å². The lowest BCUT2D eigenvalue weighted by Gasteiger charge is -2.18. The number of likely N-dealkylation sites (tertiary alicyclic amines) is 5. The van der Waals surface area contributed by atoms with Gasteiger partial charge in [-0.3, -0.25) is 47.9 Å². The van der Waals surface area contributed by atoms with Gasteiger partial charge in [-0.25, -0.2) is 0 Å². The first kappa shape index (κ1) is 82.7. The molecule has 7 atom stereocenters. The summed E-state index contributed by atoms with van der Waals surface area (Å²) in [6, 6.07) is 0. The van der Waals surface area contributed by atoms with E-state index in [4.69, 9.17) is 23.7 Å². The first-order valence-corrected chi connectivity index (χ1v) is 35.1. The summed E-state index contributed by atoms with van der Waals surface area (Å²) in [5.74, 6) is -0.673. The highest BCUT2D eigenvalue weighted by Crippen LogP contribution is 2.24. The standard InChI is InChI=1S/C18H33NO3.C15H27NO3.C14H25NO3.C13H23NO3.C10H17NO3/c1-3-4-5-6-7-8-9-10-11-12-13-22-18(21)16-14-17(20)19(2)15-16;1-4-7-8-12(5-2)11-19-15(18)13-9-14(17)16(6-3)10-13;1-4-6-7-11(5-2)10-18-14(17)12-8-13(16)15(3)9-12;1-4-5-6-17-13(16)11-7-12(15)14(9-11)8-10(2)3;1-3-4-5-14-10(13)8-6-9(12)11(2)7-8/h16H,3-15H2,1-2H3;12-13H,4-11H2,1-3H3;11-12H,4-10H2,1-3H3;10-11H,4-9H2,1-3H3;8H,3-7H2,1-2H3. The van der Waals surface area contributed by atoms with E-state index >= 15 is 0 Å². The average Bonchev–Trinajstić information content (AvgIpc) is 4.21. The van der Waals surface area contributed by atoms with Gasteiger partial charge in [-0.05, 0) is 56.8 Å². The Balaban J connectivity index is 0.000000566. The number of carbonyl (C=O) groups excluding carboxylic acids is 10. The normalized spacial score (nSPS) is 20.1. The Kier molecular flexibility index (Phi) is 45.4. The fourth-order valence-corrected chi connectivity index (χ4v) is 11.0. The minimum Gasteiger partial charge on any atom is -0.465 e. The van der Waals surface area contributed by atoms with Crippen LogP contribution >= 0.6 is 0 Å². The molecule has 0 N–H and O–H groups in total. The largest absolute Gasteiger partial charge is 0.465 e. The average molecular weight is 1280 g/mol. The minimum atomic E-state index is -0.258. The number of nitrogens with zero attached hydrogens (tertiary/aromatic N) is 5. The van der Waals surface area contributed by atoms with Crippen LogP contribution in [0.2, 0.25) is 0 Å². The SMILES string of the molecule is CCCCC(CC)COC(=O)C1CC(=O)N(C)C1.CCCCC(CC)COC(=O)C1CC(=O)N(CC)C1.CCCCCCCCCCCCOC(=O)C1CC(=O)N(C)C1.CCCCOC(=O)C1CC(=O)N(C)C1.CCCCOC(=O)C1CC(=O)N(CC(C)C)C1. The molecule has 0 radical (unpaired) electrons. The van der Waals surface area contributed by atoms with Crippen LogP contribution in [0.4, 0.5) is 0 Å². The molecule has 5 fully saturated rings. The predicted octanol–water partition coefficient (Wildman–Crippen LogP) is 11.4. The van der Waals surface area contributed by atoms with Crippen LogP contribution in [0.15, 0.2) is 0 Å². The first-order valence-electron chi connectivity index (χ1n) is 35.1. The third-order valence-electron chi connectivity index (χ3n) is 17.3. The molecule has 0 aromatic heterocycles. The molecule has 520 valence electrons. The van der Waals surface area contributed by atoms with Gasteiger partial charge in [-0.1, -0.05) is 171 Å². The van der Waals surface area contributed by atoms with Crippen LogP contribution in [0.1, 0.15) is 243 Å². The van der Waals surface area contributed by atoms with Crippen LogP contribution < -0.4 is 0 Å². The number of carbonyl (C=O) groups is 10. The highest BCUT2D eigenvalue weighted by Gasteiger charge is 2.38. The van der Waals surface area contributed by atoms with Crippen LogP contribution in [0.3, 0.4) is 0 Å². The van der Waals surface area contributed by atoms with E-state index in [0.29, 0.717) is 122 Å². The van der Waals surface area contributed by atoms with Crippen molar-refractivity contribution >= 4 is 59.4 Å². The number of ether oxygens (including phenoxy) is 5. The predicted molar refractivity (Wildman–Crippen MR) is 350 cm³/mol. The number of esters is 5. The zero-order valence-corrected chi connectivity index (χ0v) is 58.6. The van der Waals surface area contributed by atoms with Crippen LogP contribution in [-0.2, 0) is 71.6 Å². The van der Waals surface area contributed by atoms with E-state index in [2.05, 4.69) is 55.4 Å². The summed E-state index contributed by atoms with van der Waals surface area (Å²) in [5.41, 5.74) is 0. The summed E-state index contributed by atoms with van der Waals surface area (Å²) in [4.78, 5) is 124. The molecule has 5 saturated heterocycles. The van der Waals surface area contributed by atoms with Crippen molar-refractivity contribution in [3.8, 4) is 0 Å². The maximum atomic E-state index is 11.9. The number of hydrogen-bond acceptors (Lipinski definition) is 15. The van der Waals surface area contributed by atoms with Crippen molar-refractivity contribution in [3.05, 3.63) is 0 Å². The van der Waals surface area contributed by atoms with E-state index in [9.17, 15) is 47.9 Å². The van der Waals surface area contributed by atoms with Gasteiger partial charge in [0, 0.05) is 99.1 Å².